The molecule has 2 heterocycles. The molecule has 1 atom stereocenters. The lowest BCUT2D eigenvalue weighted by Crippen LogP contribution is -2.42. The lowest BCUT2D eigenvalue weighted by Gasteiger charge is -2.38. The quantitative estimate of drug-likeness (QED) is 0.592. The Labute approximate surface area is 176 Å². The zero-order chi connectivity index (χ0) is 21.1. The molecule has 1 amide bonds. The first-order chi connectivity index (χ1) is 14.6. The van der Waals surface area contributed by atoms with Crippen LogP contribution in [0.15, 0.2) is 65.3 Å². The molecule has 6 heteroatoms. The van der Waals surface area contributed by atoms with Crippen molar-refractivity contribution in [2.75, 3.05) is 19.0 Å². The summed E-state index contributed by atoms with van der Waals surface area (Å²) in [6.07, 6.45) is 1.25. The van der Waals surface area contributed by atoms with E-state index in [1.165, 1.54) is 0 Å². The standard InChI is InChI=1S/C24H26N2O4/c1-16(2)15-30-22-13-17(10-11-21(22)28-3)23-25-20-9-5-4-8-19(20)24(27)26(23)14-18-7-6-12-29-18/h4-13,16,23,25H,14-15H2,1-3H3/t23-/m1/s1. The second-order valence-electron chi connectivity index (χ2n) is 7.72. The Hall–Kier alpha value is -3.41. The van der Waals surface area contributed by atoms with Crippen molar-refractivity contribution in [3.63, 3.8) is 0 Å². The molecule has 0 aliphatic carbocycles. The molecule has 0 fully saturated rings. The van der Waals surface area contributed by atoms with Crippen LogP contribution in [0.3, 0.4) is 0 Å². The molecular weight excluding hydrogens is 380 g/mol. The molecule has 30 heavy (non-hydrogen) atoms. The number of rotatable bonds is 7. The maximum atomic E-state index is 13.3. The van der Waals surface area contributed by atoms with Gasteiger partial charge in [0, 0.05) is 5.69 Å². The number of para-hydroxylation sites is 1. The largest absolute Gasteiger partial charge is 0.493 e. The number of carbonyl (C=O) groups excluding carboxylic acids is 1. The minimum absolute atomic E-state index is 0.0498. The number of furan rings is 1. The lowest BCUT2D eigenvalue weighted by atomic mass is 10.0. The van der Waals surface area contributed by atoms with Gasteiger partial charge < -0.3 is 24.1 Å². The highest BCUT2D eigenvalue weighted by Gasteiger charge is 2.33. The molecular formula is C24H26N2O4. The molecule has 6 nitrogen and oxygen atoms in total. The Balaban J connectivity index is 1.72. The van der Waals surface area contributed by atoms with E-state index in [1.54, 1.807) is 18.3 Å². The summed E-state index contributed by atoms with van der Waals surface area (Å²) >= 11 is 0. The van der Waals surface area contributed by atoms with Crippen molar-refractivity contribution < 1.29 is 18.7 Å². The van der Waals surface area contributed by atoms with Crippen molar-refractivity contribution in [3.05, 3.63) is 77.7 Å². The third kappa shape index (κ3) is 3.99. The zero-order valence-electron chi connectivity index (χ0n) is 17.4. The molecule has 0 unspecified atom stereocenters. The molecule has 4 rings (SSSR count). The van der Waals surface area contributed by atoms with Crippen LogP contribution in [0.5, 0.6) is 11.5 Å². The molecule has 1 aliphatic rings. The third-order valence-corrected chi connectivity index (χ3v) is 5.00. The summed E-state index contributed by atoms with van der Waals surface area (Å²) in [5.41, 5.74) is 2.36. The SMILES string of the molecule is COc1ccc([C@@H]2Nc3ccccc3C(=O)N2Cc2ccco2)cc1OCC(C)C. The van der Waals surface area contributed by atoms with E-state index >= 15 is 0 Å². The van der Waals surface area contributed by atoms with Crippen LogP contribution >= 0.6 is 0 Å². The normalized spacial score (nSPS) is 15.7. The Morgan fingerprint density at radius 2 is 1.93 bits per heavy atom. The van der Waals surface area contributed by atoms with Crippen LogP contribution in [0, 0.1) is 5.92 Å². The fourth-order valence-electron chi connectivity index (χ4n) is 3.52. The van der Waals surface area contributed by atoms with Gasteiger partial charge in [0.15, 0.2) is 11.5 Å². The number of methoxy groups -OCH3 is 1. The van der Waals surface area contributed by atoms with Crippen LogP contribution in [0.4, 0.5) is 5.69 Å². The fraction of sp³-hybridized carbons (Fsp3) is 0.292. The average Bonchev–Trinajstić information content (AvgIpc) is 3.27. The summed E-state index contributed by atoms with van der Waals surface area (Å²) in [6, 6.07) is 17.0. The van der Waals surface area contributed by atoms with E-state index in [-0.39, 0.29) is 12.1 Å². The van der Waals surface area contributed by atoms with Crippen LogP contribution in [-0.4, -0.2) is 24.5 Å². The maximum Gasteiger partial charge on any atom is 0.258 e. The lowest BCUT2D eigenvalue weighted by molar-refractivity contribution is 0.0651. The fourth-order valence-corrected chi connectivity index (χ4v) is 3.52. The number of carbonyl (C=O) groups is 1. The van der Waals surface area contributed by atoms with Crippen molar-refractivity contribution >= 4 is 11.6 Å². The monoisotopic (exact) mass is 406 g/mol. The first-order valence-corrected chi connectivity index (χ1v) is 10.1. The second-order valence-corrected chi connectivity index (χ2v) is 7.72. The minimum Gasteiger partial charge on any atom is -0.493 e. The maximum absolute atomic E-state index is 13.3. The summed E-state index contributed by atoms with van der Waals surface area (Å²) in [7, 11) is 1.62. The smallest absolute Gasteiger partial charge is 0.258 e. The summed E-state index contributed by atoms with van der Waals surface area (Å²) in [6.45, 7) is 5.13. The molecule has 2 aromatic carbocycles. The van der Waals surface area contributed by atoms with Crippen molar-refractivity contribution in [3.8, 4) is 11.5 Å². The van der Waals surface area contributed by atoms with Crippen LogP contribution < -0.4 is 14.8 Å². The predicted molar refractivity (Wildman–Crippen MR) is 115 cm³/mol. The molecule has 3 aromatic rings. The predicted octanol–water partition coefficient (Wildman–Crippen LogP) is 5.09. The number of hydrogen-bond acceptors (Lipinski definition) is 5. The van der Waals surface area contributed by atoms with Crippen molar-refractivity contribution in [1.29, 1.82) is 0 Å². The molecule has 0 saturated heterocycles. The third-order valence-electron chi connectivity index (χ3n) is 5.00. The topological polar surface area (TPSA) is 63.9 Å². The van der Waals surface area contributed by atoms with Gasteiger partial charge in [-0.25, -0.2) is 0 Å². The molecule has 1 aromatic heterocycles. The number of anilines is 1. The van der Waals surface area contributed by atoms with E-state index in [1.807, 2.05) is 54.6 Å². The highest BCUT2D eigenvalue weighted by atomic mass is 16.5. The number of nitrogens with zero attached hydrogens (tertiary/aromatic N) is 1. The van der Waals surface area contributed by atoms with Crippen molar-refractivity contribution in [2.24, 2.45) is 5.92 Å². The van der Waals surface area contributed by atoms with E-state index in [0.717, 1.165) is 17.0 Å². The van der Waals surface area contributed by atoms with E-state index < -0.39 is 0 Å². The van der Waals surface area contributed by atoms with Gasteiger partial charge in [-0.3, -0.25) is 4.79 Å². The van der Waals surface area contributed by atoms with Crippen LogP contribution in [0.2, 0.25) is 0 Å². The molecule has 156 valence electrons. The van der Waals surface area contributed by atoms with Gasteiger partial charge in [0.1, 0.15) is 11.9 Å². The molecule has 0 spiro atoms. The van der Waals surface area contributed by atoms with Crippen molar-refractivity contribution in [1.82, 2.24) is 4.90 Å². The number of ether oxygens (including phenoxy) is 2. The Kier molecular flexibility index (Phi) is 5.65. The van der Waals surface area contributed by atoms with E-state index in [4.69, 9.17) is 13.9 Å². The number of fused-ring (bicyclic) bond motifs is 1. The first-order valence-electron chi connectivity index (χ1n) is 10.1. The van der Waals surface area contributed by atoms with E-state index in [0.29, 0.717) is 36.1 Å². The molecule has 0 bridgehead atoms. The highest BCUT2D eigenvalue weighted by Crippen LogP contribution is 2.37. The molecule has 1 N–H and O–H groups in total. The van der Waals surface area contributed by atoms with Gasteiger partial charge in [0.25, 0.3) is 5.91 Å². The number of benzene rings is 2. The molecule has 0 radical (unpaired) electrons. The van der Waals surface area contributed by atoms with Gasteiger partial charge >= 0.3 is 0 Å². The Morgan fingerprint density at radius 3 is 2.67 bits per heavy atom. The first kappa shape index (κ1) is 19.9. The summed E-state index contributed by atoms with van der Waals surface area (Å²) < 4.78 is 17.0. The number of amides is 1. The van der Waals surface area contributed by atoms with Crippen molar-refractivity contribution in [2.45, 2.75) is 26.6 Å². The van der Waals surface area contributed by atoms with Gasteiger partial charge in [0.05, 0.1) is 32.1 Å². The van der Waals surface area contributed by atoms with E-state index in [9.17, 15) is 4.79 Å². The Bertz CT molecular complexity index is 1010. The van der Waals surface area contributed by atoms with Gasteiger partial charge in [-0.2, -0.15) is 0 Å². The van der Waals surface area contributed by atoms with Gasteiger partial charge in [0.2, 0.25) is 0 Å². The second kappa shape index (κ2) is 8.53. The molecule has 1 aliphatic heterocycles. The van der Waals surface area contributed by atoms with Gasteiger partial charge in [-0.1, -0.05) is 32.0 Å². The zero-order valence-corrected chi connectivity index (χ0v) is 17.4. The van der Waals surface area contributed by atoms with Gasteiger partial charge in [-0.05, 0) is 47.9 Å². The summed E-state index contributed by atoms with van der Waals surface area (Å²) in [5.74, 6) is 2.38. The summed E-state index contributed by atoms with van der Waals surface area (Å²) in [5, 5.41) is 3.50. The van der Waals surface area contributed by atoms with Crippen LogP contribution in [0.1, 0.15) is 41.7 Å². The Morgan fingerprint density at radius 1 is 1.10 bits per heavy atom. The minimum atomic E-state index is -0.371. The number of nitrogens with one attached hydrogen (secondary N) is 1. The number of hydrogen-bond donors (Lipinski definition) is 1. The van der Waals surface area contributed by atoms with Crippen LogP contribution in [-0.2, 0) is 6.54 Å². The summed E-state index contributed by atoms with van der Waals surface area (Å²) in [4.78, 5) is 15.1. The van der Waals surface area contributed by atoms with E-state index in [2.05, 4.69) is 19.2 Å². The van der Waals surface area contributed by atoms with Crippen LogP contribution in [0.25, 0.3) is 0 Å². The highest BCUT2D eigenvalue weighted by molar-refractivity contribution is 6.01. The average molecular weight is 406 g/mol. The molecule has 0 saturated carbocycles. The van der Waals surface area contributed by atoms with Gasteiger partial charge in [-0.15, -0.1) is 0 Å².